The molecule has 1 saturated heterocycles. The minimum Gasteiger partial charge on any atom is -0.369 e. The van der Waals surface area contributed by atoms with Crippen molar-refractivity contribution in [2.75, 3.05) is 19.7 Å². The fourth-order valence-corrected chi connectivity index (χ4v) is 1.91. The summed E-state index contributed by atoms with van der Waals surface area (Å²) in [4.78, 5) is 4.36. The van der Waals surface area contributed by atoms with Crippen LogP contribution in [0.2, 0.25) is 0 Å². The molecule has 3 heterocycles. The van der Waals surface area contributed by atoms with Crippen molar-refractivity contribution < 1.29 is 9.13 Å². The molecule has 3 rings (SSSR count). The molecule has 0 radical (unpaired) electrons. The van der Waals surface area contributed by atoms with Crippen molar-refractivity contribution in [3.8, 4) is 0 Å². The lowest BCUT2D eigenvalue weighted by Crippen LogP contribution is -2.33. The third kappa shape index (κ3) is 1.58. The maximum absolute atomic E-state index is 13.4. The standard InChI is InChI=1S/C11H12FN3O/c12-10-2-1-3-11-14-8(7-15(10)11)9-6-13-4-5-16-9/h1-3,7,9,13H,4-6H2. The van der Waals surface area contributed by atoms with Gasteiger partial charge in [0, 0.05) is 19.3 Å². The summed E-state index contributed by atoms with van der Waals surface area (Å²) in [5, 5.41) is 3.22. The number of hydrogen-bond donors (Lipinski definition) is 1. The molecule has 0 aliphatic carbocycles. The van der Waals surface area contributed by atoms with Gasteiger partial charge in [-0.25, -0.2) is 4.98 Å². The van der Waals surface area contributed by atoms with Crippen LogP contribution in [0.1, 0.15) is 11.8 Å². The number of pyridine rings is 1. The van der Waals surface area contributed by atoms with Gasteiger partial charge >= 0.3 is 0 Å². The zero-order chi connectivity index (χ0) is 11.0. The van der Waals surface area contributed by atoms with E-state index in [9.17, 15) is 4.39 Å². The number of imidazole rings is 1. The Labute approximate surface area is 92.1 Å². The molecular weight excluding hydrogens is 209 g/mol. The summed E-state index contributed by atoms with van der Waals surface area (Å²) in [6.45, 7) is 2.25. The first-order valence-corrected chi connectivity index (χ1v) is 5.30. The zero-order valence-corrected chi connectivity index (χ0v) is 8.69. The summed E-state index contributed by atoms with van der Waals surface area (Å²) in [5.41, 5.74) is 1.39. The average molecular weight is 221 g/mol. The maximum Gasteiger partial charge on any atom is 0.199 e. The van der Waals surface area contributed by atoms with Crippen molar-refractivity contribution in [2.45, 2.75) is 6.10 Å². The van der Waals surface area contributed by atoms with Crippen molar-refractivity contribution >= 4 is 5.65 Å². The van der Waals surface area contributed by atoms with E-state index >= 15 is 0 Å². The van der Waals surface area contributed by atoms with Gasteiger partial charge in [0.15, 0.2) is 5.95 Å². The number of fused-ring (bicyclic) bond motifs is 1. The molecule has 5 heteroatoms. The number of aromatic nitrogens is 2. The van der Waals surface area contributed by atoms with Crippen LogP contribution in [-0.4, -0.2) is 29.1 Å². The fraction of sp³-hybridized carbons (Fsp3) is 0.364. The van der Waals surface area contributed by atoms with E-state index in [0.717, 1.165) is 18.8 Å². The van der Waals surface area contributed by atoms with E-state index in [-0.39, 0.29) is 12.1 Å². The fourth-order valence-electron chi connectivity index (χ4n) is 1.91. The third-order valence-electron chi connectivity index (χ3n) is 2.72. The van der Waals surface area contributed by atoms with E-state index in [2.05, 4.69) is 10.3 Å². The van der Waals surface area contributed by atoms with Crippen LogP contribution in [0, 0.1) is 5.95 Å². The topological polar surface area (TPSA) is 38.6 Å². The number of nitrogens with one attached hydrogen (secondary N) is 1. The molecule has 1 unspecified atom stereocenters. The molecule has 0 aromatic carbocycles. The highest BCUT2D eigenvalue weighted by Crippen LogP contribution is 2.19. The highest BCUT2D eigenvalue weighted by molar-refractivity contribution is 5.40. The maximum atomic E-state index is 13.4. The number of halogens is 1. The molecule has 0 saturated carbocycles. The molecule has 1 atom stereocenters. The Bertz CT molecular complexity index is 505. The van der Waals surface area contributed by atoms with Crippen LogP contribution in [0.25, 0.3) is 5.65 Å². The summed E-state index contributed by atoms with van der Waals surface area (Å²) >= 11 is 0. The second-order valence-corrected chi connectivity index (χ2v) is 3.81. The van der Waals surface area contributed by atoms with Crippen LogP contribution in [0.15, 0.2) is 24.4 Å². The quantitative estimate of drug-likeness (QED) is 0.734. The number of ether oxygens (including phenoxy) is 1. The first-order chi connectivity index (χ1) is 7.84. The SMILES string of the molecule is Fc1cccc2nc(C3CNCCO3)cn12. The first kappa shape index (κ1) is 9.74. The van der Waals surface area contributed by atoms with Gasteiger partial charge in [0.1, 0.15) is 11.8 Å². The molecule has 0 bridgehead atoms. The van der Waals surface area contributed by atoms with Crippen LogP contribution in [0.3, 0.4) is 0 Å². The summed E-state index contributed by atoms with van der Waals surface area (Å²) in [5.74, 6) is -0.306. The number of rotatable bonds is 1. The van der Waals surface area contributed by atoms with Crippen LogP contribution < -0.4 is 5.32 Å². The number of hydrogen-bond acceptors (Lipinski definition) is 3. The molecule has 1 fully saturated rings. The van der Waals surface area contributed by atoms with Gasteiger partial charge in [-0.2, -0.15) is 4.39 Å². The van der Waals surface area contributed by atoms with E-state index in [0.29, 0.717) is 12.3 Å². The third-order valence-corrected chi connectivity index (χ3v) is 2.72. The highest BCUT2D eigenvalue weighted by Gasteiger charge is 2.19. The lowest BCUT2D eigenvalue weighted by molar-refractivity contribution is 0.0253. The zero-order valence-electron chi connectivity index (χ0n) is 8.69. The van der Waals surface area contributed by atoms with Crippen molar-refractivity contribution in [2.24, 2.45) is 0 Å². The van der Waals surface area contributed by atoms with Crippen molar-refractivity contribution in [3.05, 3.63) is 36.0 Å². The molecule has 1 N–H and O–H groups in total. The van der Waals surface area contributed by atoms with E-state index < -0.39 is 0 Å². The van der Waals surface area contributed by atoms with Gasteiger partial charge in [0.2, 0.25) is 0 Å². The molecular formula is C11H12FN3O. The average Bonchev–Trinajstić information content (AvgIpc) is 2.76. The molecule has 1 aliphatic heterocycles. The van der Waals surface area contributed by atoms with Gasteiger partial charge in [-0.15, -0.1) is 0 Å². The van der Waals surface area contributed by atoms with Gasteiger partial charge < -0.3 is 10.1 Å². The van der Waals surface area contributed by atoms with Crippen LogP contribution in [-0.2, 0) is 4.74 Å². The van der Waals surface area contributed by atoms with E-state index in [1.165, 1.54) is 10.5 Å². The lowest BCUT2D eigenvalue weighted by atomic mass is 10.2. The van der Waals surface area contributed by atoms with E-state index in [1.807, 2.05) is 0 Å². The Morgan fingerprint density at radius 3 is 3.19 bits per heavy atom. The molecule has 2 aromatic heterocycles. The normalized spacial score (nSPS) is 21.4. The summed E-state index contributed by atoms with van der Waals surface area (Å²) in [6, 6.07) is 4.85. The monoisotopic (exact) mass is 221 g/mol. The molecule has 84 valence electrons. The van der Waals surface area contributed by atoms with Crippen molar-refractivity contribution in [1.82, 2.24) is 14.7 Å². The van der Waals surface area contributed by atoms with Gasteiger partial charge in [-0.05, 0) is 12.1 Å². The molecule has 1 aliphatic rings. The van der Waals surface area contributed by atoms with Crippen molar-refractivity contribution in [3.63, 3.8) is 0 Å². The molecule has 2 aromatic rings. The Balaban J connectivity index is 2.01. The second-order valence-electron chi connectivity index (χ2n) is 3.81. The predicted octanol–water partition coefficient (Wildman–Crippen LogP) is 1.13. The van der Waals surface area contributed by atoms with Crippen LogP contribution in [0.5, 0.6) is 0 Å². The predicted molar refractivity (Wildman–Crippen MR) is 56.7 cm³/mol. The highest BCUT2D eigenvalue weighted by atomic mass is 19.1. The second kappa shape index (κ2) is 3.84. The van der Waals surface area contributed by atoms with E-state index in [4.69, 9.17) is 4.74 Å². The van der Waals surface area contributed by atoms with Gasteiger partial charge in [0.05, 0.1) is 12.3 Å². The van der Waals surface area contributed by atoms with Gasteiger partial charge in [-0.1, -0.05) is 6.07 Å². The van der Waals surface area contributed by atoms with Crippen LogP contribution >= 0.6 is 0 Å². The molecule has 0 amide bonds. The number of nitrogens with zero attached hydrogens (tertiary/aromatic N) is 2. The lowest BCUT2D eigenvalue weighted by Gasteiger charge is -2.21. The Kier molecular flexibility index (Phi) is 2.34. The summed E-state index contributed by atoms with van der Waals surface area (Å²) in [6.07, 6.45) is 1.62. The summed E-state index contributed by atoms with van der Waals surface area (Å²) < 4.78 is 20.4. The largest absolute Gasteiger partial charge is 0.369 e. The van der Waals surface area contributed by atoms with E-state index in [1.54, 1.807) is 18.3 Å². The Morgan fingerprint density at radius 2 is 2.44 bits per heavy atom. The minimum atomic E-state index is -0.306. The first-order valence-electron chi connectivity index (χ1n) is 5.30. The molecule has 4 nitrogen and oxygen atoms in total. The smallest absolute Gasteiger partial charge is 0.199 e. The van der Waals surface area contributed by atoms with Crippen molar-refractivity contribution in [1.29, 1.82) is 0 Å². The molecule has 16 heavy (non-hydrogen) atoms. The van der Waals surface area contributed by atoms with Gasteiger partial charge in [0.25, 0.3) is 0 Å². The Hall–Kier alpha value is -1.46. The number of morpholine rings is 1. The Morgan fingerprint density at radius 1 is 1.50 bits per heavy atom. The molecule has 0 spiro atoms. The van der Waals surface area contributed by atoms with Crippen LogP contribution in [0.4, 0.5) is 4.39 Å². The summed E-state index contributed by atoms with van der Waals surface area (Å²) in [7, 11) is 0. The minimum absolute atomic E-state index is 0.0759. The van der Waals surface area contributed by atoms with Gasteiger partial charge in [-0.3, -0.25) is 4.40 Å².